The standard InChI is InChI=1S/C8H5F4NO3/c1-15-7(14)4-2-3-13-6(5(4)9)16-8(10,11)12/h2-3H,1H3. The van der Waals surface area contributed by atoms with E-state index in [1.54, 1.807) is 0 Å². The first kappa shape index (κ1) is 12.2. The van der Waals surface area contributed by atoms with Crippen LogP contribution in [0.5, 0.6) is 5.88 Å². The highest BCUT2D eigenvalue weighted by Gasteiger charge is 2.34. The highest BCUT2D eigenvalue weighted by atomic mass is 19.4. The number of esters is 1. The fraction of sp³-hybridized carbons (Fsp3) is 0.250. The average molecular weight is 239 g/mol. The van der Waals surface area contributed by atoms with Crippen molar-refractivity contribution in [1.29, 1.82) is 0 Å². The van der Waals surface area contributed by atoms with Gasteiger partial charge in [-0.25, -0.2) is 14.2 Å². The van der Waals surface area contributed by atoms with Gasteiger partial charge in [0.25, 0.3) is 5.88 Å². The maximum atomic E-state index is 13.3. The number of aromatic nitrogens is 1. The second-order valence-corrected chi connectivity index (χ2v) is 2.52. The van der Waals surface area contributed by atoms with E-state index >= 15 is 0 Å². The largest absolute Gasteiger partial charge is 0.574 e. The Morgan fingerprint density at radius 2 is 2.06 bits per heavy atom. The molecule has 0 aliphatic rings. The monoisotopic (exact) mass is 239 g/mol. The van der Waals surface area contributed by atoms with Crippen LogP contribution in [0.1, 0.15) is 10.4 Å². The van der Waals surface area contributed by atoms with Gasteiger partial charge in [0.05, 0.1) is 7.11 Å². The van der Waals surface area contributed by atoms with Crippen molar-refractivity contribution in [2.75, 3.05) is 7.11 Å². The molecule has 0 saturated heterocycles. The Morgan fingerprint density at radius 1 is 1.44 bits per heavy atom. The molecule has 0 amide bonds. The van der Waals surface area contributed by atoms with Gasteiger partial charge >= 0.3 is 12.3 Å². The van der Waals surface area contributed by atoms with E-state index in [4.69, 9.17) is 0 Å². The molecule has 1 aromatic heterocycles. The number of ether oxygens (including phenoxy) is 2. The number of halogens is 4. The van der Waals surface area contributed by atoms with Crippen molar-refractivity contribution in [3.63, 3.8) is 0 Å². The molecule has 0 fully saturated rings. The maximum Gasteiger partial charge on any atom is 0.574 e. The Balaban J connectivity index is 3.09. The van der Waals surface area contributed by atoms with E-state index < -0.39 is 29.6 Å². The molecule has 0 aliphatic carbocycles. The van der Waals surface area contributed by atoms with Crippen molar-refractivity contribution in [2.24, 2.45) is 0 Å². The topological polar surface area (TPSA) is 48.4 Å². The summed E-state index contributed by atoms with van der Waals surface area (Å²) in [6.07, 6.45) is -4.28. The van der Waals surface area contributed by atoms with Crippen molar-refractivity contribution < 1.29 is 31.8 Å². The lowest BCUT2D eigenvalue weighted by Crippen LogP contribution is -2.19. The van der Waals surface area contributed by atoms with Crippen LogP contribution in [0.15, 0.2) is 12.3 Å². The van der Waals surface area contributed by atoms with Crippen LogP contribution >= 0.6 is 0 Å². The number of alkyl halides is 3. The molecule has 0 radical (unpaired) electrons. The van der Waals surface area contributed by atoms with Crippen LogP contribution in [-0.4, -0.2) is 24.4 Å². The number of hydrogen-bond donors (Lipinski definition) is 0. The summed E-state index contributed by atoms with van der Waals surface area (Å²) in [6, 6.07) is 0.879. The van der Waals surface area contributed by atoms with E-state index in [9.17, 15) is 22.4 Å². The number of methoxy groups -OCH3 is 1. The first-order valence-corrected chi connectivity index (χ1v) is 3.83. The van der Waals surface area contributed by atoms with Gasteiger partial charge in [-0.15, -0.1) is 13.2 Å². The van der Waals surface area contributed by atoms with Gasteiger partial charge in [0.15, 0.2) is 5.82 Å². The Morgan fingerprint density at radius 3 is 2.56 bits per heavy atom. The molecule has 0 unspecified atom stereocenters. The minimum atomic E-state index is -5.08. The molecule has 0 saturated carbocycles. The molecule has 0 spiro atoms. The molecule has 8 heteroatoms. The van der Waals surface area contributed by atoms with Crippen LogP contribution in [0, 0.1) is 5.82 Å². The Hall–Kier alpha value is -1.86. The van der Waals surface area contributed by atoms with Gasteiger partial charge in [0.1, 0.15) is 5.56 Å². The van der Waals surface area contributed by atoms with Gasteiger partial charge in [-0.05, 0) is 6.07 Å². The van der Waals surface area contributed by atoms with E-state index in [0.717, 1.165) is 19.4 Å². The van der Waals surface area contributed by atoms with Gasteiger partial charge in [-0.3, -0.25) is 0 Å². The van der Waals surface area contributed by atoms with Gasteiger partial charge in [0.2, 0.25) is 0 Å². The number of hydrogen-bond acceptors (Lipinski definition) is 4. The highest BCUT2D eigenvalue weighted by Crippen LogP contribution is 2.25. The van der Waals surface area contributed by atoms with Crippen molar-refractivity contribution in [2.45, 2.75) is 6.36 Å². The summed E-state index contributed by atoms with van der Waals surface area (Å²) in [7, 11) is 0.965. The van der Waals surface area contributed by atoms with Gasteiger partial charge in [-0.1, -0.05) is 0 Å². The van der Waals surface area contributed by atoms with Crippen LogP contribution in [-0.2, 0) is 4.74 Å². The maximum absolute atomic E-state index is 13.3. The fourth-order valence-corrected chi connectivity index (χ4v) is 0.873. The predicted molar refractivity (Wildman–Crippen MR) is 42.2 cm³/mol. The average Bonchev–Trinajstić information content (AvgIpc) is 2.18. The molecule has 4 nitrogen and oxygen atoms in total. The van der Waals surface area contributed by atoms with Crippen molar-refractivity contribution in [1.82, 2.24) is 4.98 Å². The van der Waals surface area contributed by atoms with E-state index in [1.807, 2.05) is 0 Å². The van der Waals surface area contributed by atoms with Gasteiger partial charge in [0, 0.05) is 6.20 Å². The minimum absolute atomic E-state index is 0.684. The number of carbonyl (C=O) groups excluding carboxylic acids is 1. The van der Waals surface area contributed by atoms with E-state index in [-0.39, 0.29) is 0 Å². The summed E-state index contributed by atoms with van der Waals surface area (Å²) in [6.45, 7) is 0. The molecule has 16 heavy (non-hydrogen) atoms. The zero-order valence-corrected chi connectivity index (χ0v) is 7.84. The molecule has 0 bridgehead atoms. The third-order valence-electron chi connectivity index (χ3n) is 1.47. The zero-order valence-electron chi connectivity index (χ0n) is 7.84. The third kappa shape index (κ3) is 2.81. The van der Waals surface area contributed by atoms with Crippen LogP contribution in [0.2, 0.25) is 0 Å². The first-order valence-electron chi connectivity index (χ1n) is 3.83. The quantitative estimate of drug-likeness (QED) is 0.584. The van der Waals surface area contributed by atoms with Crippen molar-refractivity contribution >= 4 is 5.97 Å². The Kier molecular flexibility index (Phi) is 3.31. The minimum Gasteiger partial charge on any atom is -0.465 e. The van der Waals surface area contributed by atoms with Crippen LogP contribution < -0.4 is 4.74 Å². The summed E-state index contributed by atoms with van der Waals surface area (Å²) in [5.41, 5.74) is -0.684. The molecule has 1 rings (SSSR count). The van der Waals surface area contributed by atoms with E-state index in [0.29, 0.717) is 0 Å². The Bertz CT molecular complexity index is 405. The fourth-order valence-electron chi connectivity index (χ4n) is 0.873. The van der Waals surface area contributed by atoms with Crippen molar-refractivity contribution in [3.8, 4) is 5.88 Å². The van der Waals surface area contributed by atoms with Gasteiger partial charge < -0.3 is 9.47 Å². The summed E-state index contributed by atoms with van der Waals surface area (Å²) >= 11 is 0. The Labute approximate surface area is 86.8 Å². The number of carbonyl (C=O) groups is 1. The van der Waals surface area contributed by atoms with Crippen molar-refractivity contribution in [3.05, 3.63) is 23.6 Å². The number of pyridine rings is 1. The molecule has 88 valence electrons. The first-order chi connectivity index (χ1) is 7.35. The second kappa shape index (κ2) is 4.33. The smallest absolute Gasteiger partial charge is 0.465 e. The van der Waals surface area contributed by atoms with Crippen LogP contribution in [0.3, 0.4) is 0 Å². The molecular weight excluding hydrogens is 234 g/mol. The number of nitrogens with zero attached hydrogens (tertiary/aromatic N) is 1. The summed E-state index contributed by atoms with van der Waals surface area (Å²) in [5.74, 6) is -3.96. The SMILES string of the molecule is COC(=O)c1ccnc(OC(F)(F)F)c1F. The molecule has 0 aliphatic heterocycles. The predicted octanol–water partition coefficient (Wildman–Crippen LogP) is 1.91. The molecule has 0 aromatic carbocycles. The van der Waals surface area contributed by atoms with E-state index in [2.05, 4.69) is 14.5 Å². The highest BCUT2D eigenvalue weighted by molar-refractivity contribution is 5.89. The molecular formula is C8H5F4NO3. The summed E-state index contributed by atoms with van der Waals surface area (Å²) in [5, 5.41) is 0. The summed E-state index contributed by atoms with van der Waals surface area (Å²) < 4.78 is 56.1. The second-order valence-electron chi connectivity index (χ2n) is 2.52. The lowest BCUT2D eigenvalue weighted by Gasteiger charge is -2.09. The lowest BCUT2D eigenvalue weighted by atomic mass is 10.2. The van der Waals surface area contributed by atoms with Crippen LogP contribution in [0.4, 0.5) is 17.6 Å². The molecule has 1 aromatic rings. The summed E-state index contributed by atoms with van der Waals surface area (Å²) in [4.78, 5) is 13.9. The normalized spacial score (nSPS) is 11.1. The third-order valence-corrected chi connectivity index (χ3v) is 1.47. The molecule has 0 atom stereocenters. The number of rotatable bonds is 2. The van der Waals surface area contributed by atoms with Gasteiger partial charge in [-0.2, -0.15) is 0 Å². The van der Waals surface area contributed by atoms with E-state index in [1.165, 1.54) is 0 Å². The van der Waals surface area contributed by atoms with Crippen LogP contribution in [0.25, 0.3) is 0 Å². The molecule has 0 N–H and O–H groups in total. The zero-order chi connectivity index (χ0) is 12.3. The molecule has 1 heterocycles. The lowest BCUT2D eigenvalue weighted by molar-refractivity contribution is -0.277.